The molecule has 0 bridgehead atoms. The minimum atomic E-state index is 0.414. The maximum atomic E-state index is 4.53. The molecular weight excluding hydrogens is 224 g/mol. The number of thioether (sulfide) groups is 1. The van der Waals surface area contributed by atoms with Crippen LogP contribution in [0.4, 0.5) is 0 Å². The summed E-state index contributed by atoms with van der Waals surface area (Å²) in [5, 5.41) is 7.04. The van der Waals surface area contributed by atoms with E-state index in [-0.39, 0.29) is 0 Å². The maximum absolute atomic E-state index is 4.53. The average molecular weight is 242 g/mol. The second kappa shape index (κ2) is 5.32. The topological polar surface area (TPSA) is 24.9 Å². The maximum Gasteiger partial charge on any atom is 0.110 e. The van der Waals surface area contributed by atoms with Crippen molar-refractivity contribution in [3.05, 3.63) is 16.1 Å². The summed E-state index contributed by atoms with van der Waals surface area (Å²) in [6, 6.07) is 1.11. The van der Waals surface area contributed by atoms with Gasteiger partial charge in [0, 0.05) is 17.1 Å². The molecule has 1 N–H and O–H groups in total. The quantitative estimate of drug-likeness (QED) is 0.882. The largest absolute Gasteiger partial charge is 0.305 e. The van der Waals surface area contributed by atoms with Crippen LogP contribution in [0.5, 0.6) is 0 Å². The molecule has 1 fully saturated rings. The second-order valence-corrected chi connectivity index (χ2v) is 6.22. The van der Waals surface area contributed by atoms with Crippen LogP contribution in [0, 0.1) is 6.92 Å². The van der Waals surface area contributed by atoms with Gasteiger partial charge in [-0.1, -0.05) is 0 Å². The van der Waals surface area contributed by atoms with Crippen LogP contribution in [-0.2, 0) is 0 Å². The highest BCUT2D eigenvalue weighted by Crippen LogP contribution is 2.22. The van der Waals surface area contributed by atoms with Crippen molar-refractivity contribution in [3.63, 3.8) is 0 Å². The second-order valence-electron chi connectivity index (χ2n) is 4.10. The van der Waals surface area contributed by atoms with E-state index in [0.29, 0.717) is 12.1 Å². The molecule has 15 heavy (non-hydrogen) atoms. The van der Waals surface area contributed by atoms with Gasteiger partial charge in [-0.3, -0.25) is 0 Å². The number of thiazole rings is 1. The van der Waals surface area contributed by atoms with E-state index >= 15 is 0 Å². The molecule has 1 saturated heterocycles. The Labute approximate surface area is 99.9 Å². The van der Waals surface area contributed by atoms with Crippen molar-refractivity contribution in [1.82, 2.24) is 10.3 Å². The Morgan fingerprint density at radius 2 is 2.20 bits per heavy atom. The van der Waals surface area contributed by atoms with Gasteiger partial charge >= 0.3 is 0 Å². The van der Waals surface area contributed by atoms with E-state index in [1.54, 1.807) is 11.3 Å². The summed E-state index contributed by atoms with van der Waals surface area (Å²) in [6.07, 6.45) is 2.61. The zero-order valence-corrected chi connectivity index (χ0v) is 11.0. The lowest BCUT2D eigenvalue weighted by Gasteiger charge is -2.25. The number of aryl methyl sites for hydroxylation is 1. The molecule has 0 amide bonds. The van der Waals surface area contributed by atoms with E-state index in [1.165, 1.54) is 29.4 Å². The van der Waals surface area contributed by atoms with Gasteiger partial charge in [0.15, 0.2) is 0 Å². The molecule has 84 valence electrons. The highest BCUT2D eigenvalue weighted by Gasteiger charge is 2.17. The van der Waals surface area contributed by atoms with Crippen molar-refractivity contribution in [2.45, 2.75) is 38.8 Å². The number of rotatable bonds is 3. The molecule has 0 radical (unpaired) electrons. The standard InChI is InChI=1S/C11H18N2S2/c1-8-7-15-11(12-8)9(2)13-10-3-5-14-6-4-10/h7,9-10,13H,3-6H2,1-2H3. The summed E-state index contributed by atoms with van der Waals surface area (Å²) in [6.45, 7) is 4.28. The van der Waals surface area contributed by atoms with Crippen LogP contribution in [0.25, 0.3) is 0 Å². The molecule has 2 rings (SSSR count). The Balaban J connectivity index is 1.88. The van der Waals surface area contributed by atoms with Gasteiger partial charge in [-0.2, -0.15) is 11.8 Å². The van der Waals surface area contributed by atoms with Gasteiger partial charge in [-0.25, -0.2) is 4.98 Å². The number of nitrogens with zero attached hydrogens (tertiary/aromatic N) is 1. The lowest BCUT2D eigenvalue weighted by molar-refractivity contribution is 0.430. The molecule has 0 aromatic carbocycles. The SMILES string of the molecule is Cc1csc(C(C)NC2CCSCC2)n1. The normalized spacial score (nSPS) is 20.4. The van der Waals surface area contributed by atoms with Crippen molar-refractivity contribution >= 4 is 23.1 Å². The van der Waals surface area contributed by atoms with Gasteiger partial charge in [0.05, 0.1) is 6.04 Å². The number of aromatic nitrogens is 1. The van der Waals surface area contributed by atoms with E-state index in [1.807, 2.05) is 0 Å². The van der Waals surface area contributed by atoms with Crippen LogP contribution in [-0.4, -0.2) is 22.5 Å². The molecule has 2 heterocycles. The molecule has 2 nitrogen and oxygen atoms in total. The van der Waals surface area contributed by atoms with Crippen LogP contribution in [0.3, 0.4) is 0 Å². The third-order valence-electron chi connectivity index (χ3n) is 2.71. The van der Waals surface area contributed by atoms with E-state index in [0.717, 1.165) is 5.69 Å². The zero-order valence-electron chi connectivity index (χ0n) is 9.32. The fourth-order valence-electron chi connectivity index (χ4n) is 1.86. The van der Waals surface area contributed by atoms with E-state index in [2.05, 4.69) is 41.3 Å². The predicted octanol–water partition coefficient (Wildman–Crippen LogP) is 3.00. The molecule has 1 atom stereocenters. The summed E-state index contributed by atoms with van der Waals surface area (Å²) >= 11 is 3.84. The van der Waals surface area contributed by atoms with Gasteiger partial charge < -0.3 is 5.32 Å². The van der Waals surface area contributed by atoms with Crippen LogP contribution in [0.2, 0.25) is 0 Å². The van der Waals surface area contributed by atoms with E-state index in [9.17, 15) is 0 Å². The fraction of sp³-hybridized carbons (Fsp3) is 0.727. The molecule has 0 spiro atoms. The molecule has 1 aromatic heterocycles. The summed E-state index contributed by atoms with van der Waals surface area (Å²) in [7, 11) is 0. The van der Waals surface area contributed by atoms with Crippen LogP contribution in [0.15, 0.2) is 5.38 Å². The Hall–Kier alpha value is -0.0600. The Bertz CT molecular complexity index is 305. The van der Waals surface area contributed by atoms with Gasteiger partial charge in [0.1, 0.15) is 5.01 Å². The fourth-order valence-corrected chi connectivity index (χ4v) is 3.78. The predicted molar refractivity (Wildman–Crippen MR) is 68.7 cm³/mol. The molecule has 0 saturated carbocycles. The molecule has 1 unspecified atom stereocenters. The van der Waals surface area contributed by atoms with Crippen LogP contribution in [0.1, 0.15) is 36.5 Å². The Kier molecular flexibility index (Phi) is 4.05. The molecule has 4 heteroatoms. The van der Waals surface area contributed by atoms with E-state index in [4.69, 9.17) is 0 Å². The zero-order chi connectivity index (χ0) is 10.7. The summed E-state index contributed by atoms with van der Waals surface area (Å²) < 4.78 is 0. The first kappa shape index (κ1) is 11.4. The first-order chi connectivity index (χ1) is 7.25. The molecule has 0 aliphatic carbocycles. The van der Waals surface area contributed by atoms with Gasteiger partial charge in [-0.05, 0) is 38.2 Å². The minimum Gasteiger partial charge on any atom is -0.305 e. The average Bonchev–Trinajstić information content (AvgIpc) is 2.66. The summed E-state index contributed by atoms with van der Waals surface area (Å²) in [4.78, 5) is 4.53. The molecular formula is C11H18N2S2. The highest BCUT2D eigenvalue weighted by atomic mass is 32.2. The Morgan fingerprint density at radius 3 is 2.80 bits per heavy atom. The first-order valence-electron chi connectivity index (χ1n) is 5.51. The first-order valence-corrected chi connectivity index (χ1v) is 7.55. The summed E-state index contributed by atoms with van der Waals surface area (Å²) in [5.74, 6) is 2.61. The van der Waals surface area contributed by atoms with Crippen molar-refractivity contribution in [3.8, 4) is 0 Å². The van der Waals surface area contributed by atoms with Crippen LogP contribution >= 0.6 is 23.1 Å². The molecule has 1 aliphatic rings. The van der Waals surface area contributed by atoms with Gasteiger partial charge in [-0.15, -0.1) is 11.3 Å². The lowest BCUT2D eigenvalue weighted by atomic mass is 10.1. The van der Waals surface area contributed by atoms with Gasteiger partial charge in [0.25, 0.3) is 0 Å². The van der Waals surface area contributed by atoms with Crippen molar-refractivity contribution in [2.75, 3.05) is 11.5 Å². The van der Waals surface area contributed by atoms with Crippen LogP contribution < -0.4 is 5.32 Å². The minimum absolute atomic E-state index is 0.414. The number of hydrogen-bond acceptors (Lipinski definition) is 4. The highest BCUT2D eigenvalue weighted by molar-refractivity contribution is 7.99. The van der Waals surface area contributed by atoms with Gasteiger partial charge in [0.2, 0.25) is 0 Å². The monoisotopic (exact) mass is 242 g/mol. The number of nitrogens with one attached hydrogen (secondary N) is 1. The third-order valence-corrected chi connectivity index (χ3v) is 4.91. The Morgan fingerprint density at radius 1 is 1.47 bits per heavy atom. The molecule has 1 aliphatic heterocycles. The van der Waals surface area contributed by atoms with Crippen molar-refractivity contribution in [2.24, 2.45) is 0 Å². The van der Waals surface area contributed by atoms with Crippen molar-refractivity contribution in [1.29, 1.82) is 0 Å². The van der Waals surface area contributed by atoms with E-state index < -0.39 is 0 Å². The van der Waals surface area contributed by atoms with Crippen molar-refractivity contribution < 1.29 is 0 Å². The number of hydrogen-bond donors (Lipinski definition) is 1. The molecule has 1 aromatic rings. The lowest BCUT2D eigenvalue weighted by Crippen LogP contribution is -2.34. The summed E-state index contributed by atoms with van der Waals surface area (Å²) in [5.41, 5.74) is 1.14. The third kappa shape index (κ3) is 3.20. The smallest absolute Gasteiger partial charge is 0.110 e.